The van der Waals surface area contributed by atoms with Crippen LogP contribution in [-0.2, 0) is 6.42 Å². The molecule has 1 heterocycles. The molecule has 1 N–H and O–H groups in total. The van der Waals surface area contributed by atoms with E-state index in [1.54, 1.807) is 19.1 Å². The van der Waals surface area contributed by atoms with Crippen molar-refractivity contribution < 1.29 is 19.1 Å². The molecule has 0 saturated carbocycles. The number of furan rings is 1. The number of aromatic carboxylic acids is 1. The topological polar surface area (TPSA) is 59.7 Å². The monoisotopic (exact) mass is 344 g/mol. The molecule has 0 aliphatic heterocycles. The van der Waals surface area contributed by atoms with Gasteiger partial charge >= 0.3 is 5.97 Å². The fourth-order valence-corrected chi connectivity index (χ4v) is 2.87. The summed E-state index contributed by atoms with van der Waals surface area (Å²) in [6.45, 7) is 2.30. The summed E-state index contributed by atoms with van der Waals surface area (Å²) in [5, 5.41) is 10.6. The Bertz CT molecular complexity index is 882. The van der Waals surface area contributed by atoms with E-state index in [9.17, 15) is 4.79 Å². The molecule has 0 radical (unpaired) electrons. The number of rotatable bonds is 6. The van der Waals surface area contributed by atoms with E-state index in [1.807, 2.05) is 30.3 Å². The van der Waals surface area contributed by atoms with E-state index in [0.717, 1.165) is 23.3 Å². The highest BCUT2D eigenvalue weighted by Crippen LogP contribution is 2.29. The van der Waals surface area contributed by atoms with Gasteiger partial charge in [0.2, 0.25) is 5.76 Å². The number of hydrogen-bond donors (Lipinski definition) is 1. The van der Waals surface area contributed by atoms with Crippen LogP contribution >= 0.6 is 11.6 Å². The van der Waals surface area contributed by atoms with Gasteiger partial charge in [-0.1, -0.05) is 23.7 Å². The Hall–Kier alpha value is -2.46. The van der Waals surface area contributed by atoms with Gasteiger partial charge in [0, 0.05) is 16.0 Å². The molecule has 0 fully saturated rings. The molecule has 4 nitrogen and oxygen atoms in total. The molecule has 1 aromatic heterocycles. The molecule has 3 rings (SSSR count). The average molecular weight is 345 g/mol. The fourth-order valence-electron chi connectivity index (χ4n) is 2.65. The minimum absolute atomic E-state index is 0.0249. The number of benzene rings is 2. The van der Waals surface area contributed by atoms with E-state index in [0.29, 0.717) is 23.5 Å². The first-order chi connectivity index (χ1) is 11.5. The third kappa shape index (κ3) is 3.54. The Kier molecular flexibility index (Phi) is 4.76. The van der Waals surface area contributed by atoms with E-state index in [-0.39, 0.29) is 5.76 Å². The predicted molar refractivity (Wildman–Crippen MR) is 93.2 cm³/mol. The maximum atomic E-state index is 11.1. The molecule has 5 heteroatoms. The number of carboxylic acids is 1. The van der Waals surface area contributed by atoms with Crippen LogP contribution in [0.5, 0.6) is 5.75 Å². The fraction of sp³-hybridized carbons (Fsp3) is 0.211. The van der Waals surface area contributed by atoms with E-state index >= 15 is 0 Å². The lowest BCUT2D eigenvalue weighted by Crippen LogP contribution is -1.99. The lowest BCUT2D eigenvalue weighted by Gasteiger charge is -2.06. The second kappa shape index (κ2) is 6.97. The maximum absolute atomic E-state index is 11.1. The van der Waals surface area contributed by atoms with Crippen LogP contribution in [0.3, 0.4) is 0 Å². The molecular formula is C19H17ClO4. The van der Waals surface area contributed by atoms with Crippen molar-refractivity contribution in [1.29, 1.82) is 0 Å². The quantitative estimate of drug-likeness (QED) is 0.632. The van der Waals surface area contributed by atoms with Gasteiger partial charge < -0.3 is 14.3 Å². The average Bonchev–Trinajstić information content (AvgIpc) is 2.89. The Labute approximate surface area is 144 Å². The summed E-state index contributed by atoms with van der Waals surface area (Å²) >= 11 is 5.97. The second-order valence-electron chi connectivity index (χ2n) is 5.60. The molecule has 124 valence electrons. The van der Waals surface area contributed by atoms with Crippen LogP contribution in [0.25, 0.3) is 11.0 Å². The van der Waals surface area contributed by atoms with Gasteiger partial charge in [0.15, 0.2) is 0 Å². The van der Waals surface area contributed by atoms with Crippen molar-refractivity contribution in [2.45, 2.75) is 19.8 Å². The van der Waals surface area contributed by atoms with Gasteiger partial charge in [0.1, 0.15) is 11.3 Å². The van der Waals surface area contributed by atoms with Gasteiger partial charge in [-0.3, -0.25) is 0 Å². The van der Waals surface area contributed by atoms with Crippen LogP contribution in [0.1, 0.15) is 28.1 Å². The Morgan fingerprint density at radius 1 is 1.25 bits per heavy atom. The van der Waals surface area contributed by atoms with Gasteiger partial charge in [-0.05, 0) is 55.7 Å². The van der Waals surface area contributed by atoms with Crippen molar-refractivity contribution in [2.24, 2.45) is 0 Å². The van der Waals surface area contributed by atoms with Gasteiger partial charge in [-0.2, -0.15) is 0 Å². The van der Waals surface area contributed by atoms with Crippen molar-refractivity contribution in [3.63, 3.8) is 0 Å². The van der Waals surface area contributed by atoms with Gasteiger partial charge in [-0.25, -0.2) is 4.79 Å². The summed E-state index contributed by atoms with van der Waals surface area (Å²) in [4.78, 5) is 11.1. The molecule has 0 bridgehead atoms. The SMILES string of the molecule is Cc1c(C(=O)O)oc2ccc(OCCCc3cccc(Cl)c3)cc12. The van der Waals surface area contributed by atoms with Crippen LogP contribution in [0, 0.1) is 6.92 Å². The third-order valence-electron chi connectivity index (χ3n) is 3.87. The highest BCUT2D eigenvalue weighted by Gasteiger charge is 2.16. The third-order valence-corrected chi connectivity index (χ3v) is 4.10. The minimum Gasteiger partial charge on any atom is -0.494 e. The van der Waals surface area contributed by atoms with Crippen LogP contribution in [-0.4, -0.2) is 17.7 Å². The van der Waals surface area contributed by atoms with E-state index in [4.69, 9.17) is 25.9 Å². The highest BCUT2D eigenvalue weighted by molar-refractivity contribution is 6.30. The zero-order valence-electron chi connectivity index (χ0n) is 13.2. The molecule has 3 aromatic rings. The zero-order valence-corrected chi connectivity index (χ0v) is 14.0. The second-order valence-corrected chi connectivity index (χ2v) is 6.04. The molecule has 0 saturated heterocycles. The smallest absolute Gasteiger partial charge is 0.372 e. The number of fused-ring (bicyclic) bond motifs is 1. The Balaban J connectivity index is 1.63. The molecule has 0 aliphatic carbocycles. The summed E-state index contributed by atoms with van der Waals surface area (Å²) in [5.74, 6) is -0.384. The summed E-state index contributed by atoms with van der Waals surface area (Å²) < 4.78 is 11.1. The highest BCUT2D eigenvalue weighted by atomic mass is 35.5. The Morgan fingerprint density at radius 3 is 2.83 bits per heavy atom. The summed E-state index contributed by atoms with van der Waals surface area (Å²) in [6.07, 6.45) is 1.75. The number of ether oxygens (including phenoxy) is 1. The molecule has 0 aliphatic rings. The van der Waals surface area contributed by atoms with Gasteiger partial charge in [0.25, 0.3) is 0 Å². The normalized spacial score (nSPS) is 10.9. The molecule has 0 unspecified atom stereocenters. The van der Waals surface area contributed by atoms with Crippen molar-refractivity contribution in [3.05, 3.63) is 64.4 Å². The Morgan fingerprint density at radius 2 is 2.08 bits per heavy atom. The van der Waals surface area contributed by atoms with Crippen molar-refractivity contribution in [1.82, 2.24) is 0 Å². The minimum atomic E-state index is -1.06. The lowest BCUT2D eigenvalue weighted by molar-refractivity contribution is 0.0664. The summed E-state index contributed by atoms with van der Waals surface area (Å²) in [5.41, 5.74) is 2.34. The molecule has 2 aromatic carbocycles. The van der Waals surface area contributed by atoms with Crippen LogP contribution in [0.2, 0.25) is 5.02 Å². The van der Waals surface area contributed by atoms with Crippen molar-refractivity contribution in [3.8, 4) is 5.75 Å². The number of halogens is 1. The summed E-state index contributed by atoms with van der Waals surface area (Å²) in [6, 6.07) is 13.1. The zero-order chi connectivity index (χ0) is 17.1. The van der Waals surface area contributed by atoms with Gasteiger partial charge in [0.05, 0.1) is 6.61 Å². The summed E-state index contributed by atoms with van der Waals surface area (Å²) in [7, 11) is 0. The number of carboxylic acid groups (broad SMARTS) is 1. The van der Waals surface area contributed by atoms with Crippen LogP contribution in [0.4, 0.5) is 0 Å². The first-order valence-electron chi connectivity index (χ1n) is 7.68. The van der Waals surface area contributed by atoms with Crippen LogP contribution < -0.4 is 4.74 Å². The van der Waals surface area contributed by atoms with Crippen molar-refractivity contribution in [2.75, 3.05) is 6.61 Å². The number of hydrogen-bond acceptors (Lipinski definition) is 3. The predicted octanol–water partition coefficient (Wildman–Crippen LogP) is 5.10. The van der Waals surface area contributed by atoms with E-state index < -0.39 is 5.97 Å². The van der Waals surface area contributed by atoms with E-state index in [1.165, 1.54) is 5.56 Å². The molecule has 24 heavy (non-hydrogen) atoms. The molecular weight excluding hydrogens is 328 g/mol. The lowest BCUT2D eigenvalue weighted by atomic mass is 10.1. The number of carbonyl (C=O) groups is 1. The maximum Gasteiger partial charge on any atom is 0.372 e. The standard InChI is InChI=1S/C19H17ClO4/c1-12-16-11-15(7-8-17(16)24-18(12)19(21)22)23-9-3-5-13-4-2-6-14(20)10-13/h2,4,6-8,10-11H,3,5,9H2,1H3,(H,21,22). The van der Waals surface area contributed by atoms with E-state index in [2.05, 4.69) is 0 Å². The van der Waals surface area contributed by atoms with Gasteiger partial charge in [-0.15, -0.1) is 0 Å². The molecule has 0 atom stereocenters. The molecule has 0 spiro atoms. The first kappa shape index (κ1) is 16.4. The van der Waals surface area contributed by atoms with Crippen molar-refractivity contribution >= 4 is 28.5 Å². The van der Waals surface area contributed by atoms with Crippen LogP contribution in [0.15, 0.2) is 46.9 Å². The molecule has 0 amide bonds. The first-order valence-corrected chi connectivity index (χ1v) is 8.06. The number of aryl methyl sites for hydroxylation is 2. The largest absolute Gasteiger partial charge is 0.494 e.